The van der Waals surface area contributed by atoms with Crippen LogP contribution in [0.3, 0.4) is 0 Å². The van der Waals surface area contributed by atoms with Gasteiger partial charge in [-0.25, -0.2) is 0 Å². The van der Waals surface area contributed by atoms with Crippen molar-refractivity contribution < 1.29 is 0 Å². The lowest BCUT2D eigenvalue weighted by Crippen LogP contribution is -2.24. The number of hydrogen-bond donors (Lipinski definition) is 0. The first-order chi connectivity index (χ1) is 10.9. The summed E-state index contributed by atoms with van der Waals surface area (Å²) in [6, 6.07) is 9.14. The van der Waals surface area contributed by atoms with Crippen LogP contribution >= 0.6 is 22.7 Å². The summed E-state index contributed by atoms with van der Waals surface area (Å²) < 4.78 is 0. The van der Waals surface area contributed by atoms with Gasteiger partial charge in [0.25, 0.3) is 0 Å². The molecule has 118 valence electrons. The van der Waals surface area contributed by atoms with Gasteiger partial charge >= 0.3 is 0 Å². The first-order valence-corrected chi connectivity index (χ1v) is 10.7. The summed E-state index contributed by atoms with van der Waals surface area (Å²) in [4.78, 5) is 3.28. The Balaban J connectivity index is 1.28. The zero-order chi connectivity index (χ0) is 14.8. The van der Waals surface area contributed by atoms with Crippen LogP contribution in [-0.2, 0) is 0 Å². The molecule has 0 aliphatic heterocycles. The minimum atomic E-state index is 0.874. The van der Waals surface area contributed by atoms with Gasteiger partial charge < -0.3 is 0 Å². The first-order valence-electron chi connectivity index (χ1n) is 8.97. The molecule has 0 spiro atoms. The fourth-order valence-electron chi connectivity index (χ4n) is 4.80. The molecule has 22 heavy (non-hydrogen) atoms. The van der Waals surface area contributed by atoms with Gasteiger partial charge in [-0.15, -0.1) is 22.7 Å². The molecule has 4 rings (SSSR count). The molecular formula is C20H26S2. The van der Waals surface area contributed by atoms with E-state index in [0.717, 1.165) is 23.7 Å². The molecule has 2 aromatic rings. The van der Waals surface area contributed by atoms with Crippen molar-refractivity contribution in [3.8, 4) is 0 Å². The van der Waals surface area contributed by atoms with Gasteiger partial charge in [0, 0.05) is 9.75 Å². The Morgan fingerprint density at radius 2 is 1.00 bits per heavy atom. The van der Waals surface area contributed by atoms with Gasteiger partial charge in [0.05, 0.1) is 0 Å². The van der Waals surface area contributed by atoms with E-state index in [1.54, 1.807) is 9.75 Å². The fourth-order valence-corrected chi connectivity index (χ4v) is 6.60. The molecule has 0 saturated heterocycles. The smallest absolute Gasteiger partial charge is 0.00761 e. The zero-order valence-electron chi connectivity index (χ0n) is 13.2. The standard InChI is InChI=1S/C20H26S2/c1-3-19(21-13-1)17-9-5-15(6-10-17)16-7-11-18(12-8-16)20-4-2-14-22-20/h1-4,13-18H,5-12H2. The van der Waals surface area contributed by atoms with Crippen molar-refractivity contribution in [3.63, 3.8) is 0 Å². The molecule has 0 N–H and O–H groups in total. The Morgan fingerprint density at radius 1 is 0.591 bits per heavy atom. The molecule has 2 heteroatoms. The summed E-state index contributed by atoms with van der Waals surface area (Å²) in [5.41, 5.74) is 0. The highest BCUT2D eigenvalue weighted by Crippen LogP contribution is 2.46. The highest BCUT2D eigenvalue weighted by atomic mass is 32.1. The van der Waals surface area contributed by atoms with Crippen LogP contribution in [0.5, 0.6) is 0 Å². The van der Waals surface area contributed by atoms with E-state index in [-0.39, 0.29) is 0 Å². The molecule has 2 fully saturated rings. The summed E-state index contributed by atoms with van der Waals surface area (Å²) in [7, 11) is 0. The van der Waals surface area contributed by atoms with Crippen molar-refractivity contribution in [2.24, 2.45) is 11.8 Å². The predicted molar refractivity (Wildman–Crippen MR) is 98.0 cm³/mol. The quantitative estimate of drug-likeness (QED) is 0.565. The molecule has 0 unspecified atom stereocenters. The summed E-state index contributed by atoms with van der Waals surface area (Å²) in [5, 5.41) is 4.49. The average molecular weight is 331 g/mol. The predicted octanol–water partition coefficient (Wildman–Crippen LogP) is 7.06. The Hall–Kier alpha value is -0.600. The second kappa shape index (κ2) is 6.88. The van der Waals surface area contributed by atoms with E-state index in [0.29, 0.717) is 0 Å². The maximum atomic E-state index is 2.35. The van der Waals surface area contributed by atoms with E-state index in [1.165, 1.54) is 51.4 Å². The third-order valence-electron chi connectivity index (χ3n) is 6.10. The van der Waals surface area contributed by atoms with Crippen LogP contribution in [0.25, 0.3) is 0 Å². The third kappa shape index (κ3) is 3.19. The van der Waals surface area contributed by atoms with E-state index in [4.69, 9.17) is 0 Å². The van der Waals surface area contributed by atoms with Gasteiger partial charge in [-0.3, -0.25) is 0 Å². The van der Waals surface area contributed by atoms with Crippen molar-refractivity contribution >= 4 is 22.7 Å². The Labute approximate surface area is 142 Å². The molecule has 0 atom stereocenters. The van der Waals surface area contributed by atoms with Crippen LogP contribution in [0.2, 0.25) is 0 Å². The van der Waals surface area contributed by atoms with E-state index < -0.39 is 0 Å². The van der Waals surface area contributed by atoms with Crippen molar-refractivity contribution in [2.75, 3.05) is 0 Å². The molecule has 0 amide bonds. The van der Waals surface area contributed by atoms with Crippen LogP contribution in [0.15, 0.2) is 35.0 Å². The van der Waals surface area contributed by atoms with E-state index in [9.17, 15) is 0 Å². The van der Waals surface area contributed by atoms with Crippen molar-refractivity contribution in [1.29, 1.82) is 0 Å². The number of thiophene rings is 2. The Bertz CT molecular complexity index is 486. The largest absolute Gasteiger partial charge is 0.149 e. The molecule has 0 radical (unpaired) electrons. The molecule has 0 aromatic carbocycles. The summed E-state index contributed by atoms with van der Waals surface area (Å²) in [6.45, 7) is 0. The normalized spacial score (nSPS) is 32.9. The van der Waals surface area contributed by atoms with Crippen LogP contribution < -0.4 is 0 Å². The highest BCUT2D eigenvalue weighted by molar-refractivity contribution is 7.10. The minimum absolute atomic E-state index is 0.874. The molecule has 0 bridgehead atoms. The van der Waals surface area contributed by atoms with Gasteiger partial charge in [0.15, 0.2) is 0 Å². The highest BCUT2D eigenvalue weighted by Gasteiger charge is 2.31. The van der Waals surface area contributed by atoms with E-state index >= 15 is 0 Å². The summed E-state index contributed by atoms with van der Waals surface area (Å²) >= 11 is 3.93. The molecular weight excluding hydrogens is 304 g/mol. The lowest BCUT2D eigenvalue weighted by molar-refractivity contribution is 0.178. The summed E-state index contributed by atoms with van der Waals surface area (Å²) in [5.74, 6) is 3.80. The van der Waals surface area contributed by atoms with Gasteiger partial charge in [-0.2, -0.15) is 0 Å². The molecule has 2 aliphatic carbocycles. The van der Waals surface area contributed by atoms with Gasteiger partial charge in [-0.05, 0) is 97.9 Å². The lowest BCUT2D eigenvalue weighted by atomic mass is 9.69. The molecule has 2 aliphatic rings. The van der Waals surface area contributed by atoms with Crippen LogP contribution in [0, 0.1) is 11.8 Å². The Kier molecular flexibility index (Phi) is 4.68. The number of hydrogen-bond acceptors (Lipinski definition) is 2. The van der Waals surface area contributed by atoms with E-state index in [2.05, 4.69) is 35.0 Å². The monoisotopic (exact) mass is 330 g/mol. The van der Waals surface area contributed by atoms with Crippen molar-refractivity contribution in [1.82, 2.24) is 0 Å². The Morgan fingerprint density at radius 3 is 1.32 bits per heavy atom. The maximum absolute atomic E-state index is 2.35. The second-order valence-corrected chi connectivity index (χ2v) is 9.21. The number of rotatable bonds is 3. The topological polar surface area (TPSA) is 0 Å². The molecule has 2 saturated carbocycles. The van der Waals surface area contributed by atoms with Crippen LogP contribution in [0.4, 0.5) is 0 Å². The van der Waals surface area contributed by atoms with Crippen molar-refractivity contribution in [2.45, 2.75) is 63.2 Å². The molecule has 2 heterocycles. The first kappa shape index (κ1) is 15.0. The third-order valence-corrected chi connectivity index (χ3v) is 8.17. The fraction of sp³-hybridized carbons (Fsp3) is 0.600. The molecule has 2 aromatic heterocycles. The second-order valence-electron chi connectivity index (χ2n) is 7.25. The zero-order valence-corrected chi connectivity index (χ0v) is 14.9. The van der Waals surface area contributed by atoms with Gasteiger partial charge in [-0.1, -0.05) is 12.1 Å². The summed E-state index contributed by atoms with van der Waals surface area (Å²) in [6.07, 6.45) is 11.7. The maximum Gasteiger partial charge on any atom is 0.00761 e. The van der Waals surface area contributed by atoms with Crippen molar-refractivity contribution in [3.05, 3.63) is 44.8 Å². The average Bonchev–Trinajstić information content (AvgIpc) is 3.29. The lowest BCUT2D eigenvalue weighted by Gasteiger charge is -2.37. The SMILES string of the molecule is c1csc(C2CCC(C3CCC(c4cccs4)CC3)CC2)c1. The van der Waals surface area contributed by atoms with Crippen LogP contribution in [0.1, 0.15) is 73.0 Å². The van der Waals surface area contributed by atoms with Gasteiger partial charge in [0.2, 0.25) is 0 Å². The van der Waals surface area contributed by atoms with Gasteiger partial charge in [0.1, 0.15) is 0 Å². The minimum Gasteiger partial charge on any atom is -0.149 e. The van der Waals surface area contributed by atoms with Crippen LogP contribution in [-0.4, -0.2) is 0 Å². The van der Waals surface area contributed by atoms with E-state index in [1.807, 2.05) is 22.7 Å². The molecule has 0 nitrogen and oxygen atoms in total.